The van der Waals surface area contributed by atoms with Crippen molar-refractivity contribution in [2.24, 2.45) is 5.92 Å². The number of hydrogen-bond donors (Lipinski definition) is 2. The third-order valence-electron chi connectivity index (χ3n) is 5.07. The van der Waals surface area contributed by atoms with Crippen molar-refractivity contribution >= 4 is 23.9 Å². The highest BCUT2D eigenvalue weighted by atomic mass is 16.5. The molecule has 9 nitrogen and oxygen atoms in total. The van der Waals surface area contributed by atoms with E-state index in [1.165, 1.54) is 44.6 Å². The quantitative estimate of drug-likeness (QED) is 0.328. The highest BCUT2D eigenvalue weighted by Crippen LogP contribution is 2.37. The number of ether oxygens (including phenoxy) is 4. The number of esters is 2. The Bertz CT molecular complexity index is 1100. The molecule has 2 atom stereocenters. The van der Waals surface area contributed by atoms with Crippen molar-refractivity contribution in [1.29, 1.82) is 0 Å². The summed E-state index contributed by atoms with van der Waals surface area (Å²) in [6.07, 6.45) is 3.00. The number of benzene rings is 2. The van der Waals surface area contributed by atoms with Crippen molar-refractivity contribution in [3.8, 4) is 17.2 Å². The van der Waals surface area contributed by atoms with Gasteiger partial charge in [-0.1, -0.05) is 30.3 Å². The lowest BCUT2D eigenvalue weighted by Gasteiger charge is -2.33. The predicted octanol–water partition coefficient (Wildman–Crippen LogP) is 2.73. The van der Waals surface area contributed by atoms with Gasteiger partial charge in [-0.2, -0.15) is 0 Å². The lowest BCUT2D eigenvalue weighted by molar-refractivity contribution is -0.148. The monoisotopic (exact) mass is 467 g/mol. The van der Waals surface area contributed by atoms with Crippen molar-refractivity contribution in [2.45, 2.75) is 19.6 Å². The van der Waals surface area contributed by atoms with Gasteiger partial charge in [0.1, 0.15) is 18.6 Å². The van der Waals surface area contributed by atoms with Crippen LogP contribution in [0.25, 0.3) is 6.08 Å². The molecule has 1 fully saturated rings. The number of hydrogen-bond acceptors (Lipinski definition) is 8. The molecule has 0 radical (unpaired) electrons. The van der Waals surface area contributed by atoms with E-state index in [2.05, 4.69) is 5.32 Å². The number of β-lactam (4-membered cyclic amide) rings is 1. The molecule has 1 amide bonds. The number of rotatable bonds is 9. The van der Waals surface area contributed by atoms with Crippen LogP contribution in [0.3, 0.4) is 0 Å². The maximum Gasteiger partial charge on any atom is 0.332 e. The number of phenolic OH excluding ortho intramolecular Hbond substituents is 1. The van der Waals surface area contributed by atoms with E-state index in [0.29, 0.717) is 11.3 Å². The molecule has 0 unspecified atom stereocenters. The van der Waals surface area contributed by atoms with Crippen LogP contribution >= 0.6 is 0 Å². The number of nitrogens with one attached hydrogen (secondary N) is 1. The second-order valence-corrected chi connectivity index (χ2v) is 7.41. The summed E-state index contributed by atoms with van der Waals surface area (Å²) in [5.41, 5.74) is 1.68. The van der Waals surface area contributed by atoms with E-state index >= 15 is 0 Å². The van der Waals surface area contributed by atoms with Crippen LogP contribution in [0.1, 0.15) is 18.1 Å². The molecular weight excluding hydrogens is 442 g/mol. The minimum absolute atomic E-state index is 0.101. The van der Waals surface area contributed by atoms with Crippen molar-refractivity contribution in [3.05, 3.63) is 71.4 Å². The van der Waals surface area contributed by atoms with Crippen LogP contribution in [0.4, 0.5) is 0 Å². The third kappa shape index (κ3) is 5.94. The molecule has 2 aromatic carbocycles. The van der Waals surface area contributed by atoms with Gasteiger partial charge >= 0.3 is 11.9 Å². The Hall–Kier alpha value is -4.27. The standard InChI is InChI=1S/C25H25NO8/c1-15(34-21(27)10-9-17-11-19(31-2)24(29)20(12-17)32-3)23-18(26-25(23)30)13-22(28)33-14-16-7-5-4-6-8-16/h4-13,15,23,29H,14H2,1-3H3,(H,26,30)/b10-9+,18-13-/t15-,23-/m1/s1. The van der Waals surface area contributed by atoms with Gasteiger partial charge in [0.2, 0.25) is 11.7 Å². The summed E-state index contributed by atoms with van der Waals surface area (Å²) >= 11 is 0. The summed E-state index contributed by atoms with van der Waals surface area (Å²) in [6.45, 7) is 1.66. The summed E-state index contributed by atoms with van der Waals surface area (Å²) in [5, 5.41) is 12.5. The third-order valence-corrected chi connectivity index (χ3v) is 5.07. The fourth-order valence-electron chi connectivity index (χ4n) is 3.32. The fraction of sp³-hybridized carbons (Fsp3) is 0.240. The summed E-state index contributed by atoms with van der Waals surface area (Å²) in [6, 6.07) is 12.2. The highest BCUT2D eigenvalue weighted by Gasteiger charge is 2.40. The van der Waals surface area contributed by atoms with Crippen LogP contribution in [0.5, 0.6) is 17.2 Å². The first-order chi connectivity index (χ1) is 16.3. The Kier molecular flexibility index (Phi) is 7.92. The van der Waals surface area contributed by atoms with E-state index in [9.17, 15) is 19.5 Å². The van der Waals surface area contributed by atoms with Gasteiger partial charge in [-0.15, -0.1) is 0 Å². The summed E-state index contributed by atoms with van der Waals surface area (Å²) < 4.78 is 20.7. The zero-order chi connectivity index (χ0) is 24.7. The molecule has 0 aliphatic carbocycles. The molecule has 0 spiro atoms. The Morgan fingerprint density at radius 1 is 1.09 bits per heavy atom. The lowest BCUT2D eigenvalue weighted by atomic mass is 9.90. The number of methoxy groups -OCH3 is 2. The minimum Gasteiger partial charge on any atom is -0.502 e. The van der Waals surface area contributed by atoms with Gasteiger partial charge in [0.25, 0.3) is 0 Å². The number of carbonyl (C=O) groups is 3. The van der Waals surface area contributed by atoms with Crippen molar-refractivity contribution < 1.29 is 38.4 Å². The van der Waals surface area contributed by atoms with Crippen LogP contribution in [-0.4, -0.2) is 43.3 Å². The second kappa shape index (κ2) is 11.0. The van der Waals surface area contributed by atoms with E-state index in [1.54, 1.807) is 6.92 Å². The van der Waals surface area contributed by atoms with Crippen LogP contribution in [-0.2, 0) is 30.5 Å². The maximum absolute atomic E-state index is 12.3. The molecule has 178 valence electrons. The van der Waals surface area contributed by atoms with Crippen LogP contribution in [0.15, 0.2) is 60.3 Å². The first-order valence-corrected chi connectivity index (χ1v) is 10.4. The van der Waals surface area contributed by atoms with E-state index in [0.717, 1.165) is 5.56 Å². The number of amides is 1. The molecule has 2 N–H and O–H groups in total. The fourth-order valence-corrected chi connectivity index (χ4v) is 3.32. The number of carbonyl (C=O) groups excluding carboxylic acids is 3. The van der Waals surface area contributed by atoms with E-state index < -0.39 is 24.0 Å². The Labute approximate surface area is 196 Å². The average Bonchev–Trinajstić information content (AvgIpc) is 2.82. The topological polar surface area (TPSA) is 120 Å². The first-order valence-electron chi connectivity index (χ1n) is 10.4. The molecule has 0 bridgehead atoms. The number of phenols is 1. The molecule has 0 saturated carbocycles. The predicted molar refractivity (Wildman–Crippen MR) is 122 cm³/mol. The second-order valence-electron chi connectivity index (χ2n) is 7.41. The molecule has 34 heavy (non-hydrogen) atoms. The molecule has 2 aromatic rings. The molecule has 9 heteroatoms. The largest absolute Gasteiger partial charge is 0.502 e. The van der Waals surface area contributed by atoms with Crippen LogP contribution in [0.2, 0.25) is 0 Å². The van der Waals surface area contributed by atoms with E-state index in [4.69, 9.17) is 18.9 Å². The Balaban J connectivity index is 1.59. The van der Waals surface area contributed by atoms with Gasteiger partial charge in [-0.3, -0.25) is 4.79 Å². The molecule has 0 aromatic heterocycles. The lowest BCUT2D eigenvalue weighted by Crippen LogP contribution is -2.52. The van der Waals surface area contributed by atoms with Crippen LogP contribution in [0, 0.1) is 5.92 Å². The zero-order valence-electron chi connectivity index (χ0n) is 18.9. The minimum atomic E-state index is -0.817. The van der Waals surface area contributed by atoms with Gasteiger partial charge < -0.3 is 29.4 Å². The van der Waals surface area contributed by atoms with Crippen molar-refractivity contribution in [2.75, 3.05) is 14.2 Å². The van der Waals surface area contributed by atoms with Gasteiger partial charge in [-0.05, 0) is 36.3 Å². The van der Waals surface area contributed by atoms with Crippen molar-refractivity contribution in [3.63, 3.8) is 0 Å². The molecular formula is C25H25NO8. The van der Waals surface area contributed by atoms with Gasteiger partial charge in [0.05, 0.1) is 14.2 Å². The van der Waals surface area contributed by atoms with Crippen LogP contribution < -0.4 is 14.8 Å². The number of aromatic hydroxyl groups is 1. The summed E-state index contributed by atoms with van der Waals surface area (Å²) in [7, 11) is 2.79. The van der Waals surface area contributed by atoms with Gasteiger partial charge in [-0.25, -0.2) is 9.59 Å². The first kappa shape index (κ1) is 24.4. The Morgan fingerprint density at radius 3 is 2.32 bits per heavy atom. The smallest absolute Gasteiger partial charge is 0.332 e. The summed E-state index contributed by atoms with van der Waals surface area (Å²) in [5.74, 6) is -2.26. The Morgan fingerprint density at radius 2 is 1.74 bits per heavy atom. The van der Waals surface area contributed by atoms with Gasteiger partial charge in [0.15, 0.2) is 11.5 Å². The normalized spacial score (nSPS) is 17.0. The average molecular weight is 467 g/mol. The summed E-state index contributed by atoms with van der Waals surface area (Å²) in [4.78, 5) is 36.4. The molecule has 1 aliphatic heterocycles. The van der Waals surface area contributed by atoms with Crippen molar-refractivity contribution in [1.82, 2.24) is 5.32 Å². The molecule has 1 heterocycles. The van der Waals surface area contributed by atoms with E-state index in [1.807, 2.05) is 30.3 Å². The SMILES string of the molecule is COc1cc(/C=C/C(=O)O[C@H](C)[C@H]2C(=O)N/C2=C\C(=O)OCc2ccccc2)cc(OC)c1O. The highest BCUT2D eigenvalue weighted by molar-refractivity contribution is 5.96. The molecule has 1 saturated heterocycles. The maximum atomic E-state index is 12.3. The zero-order valence-corrected chi connectivity index (χ0v) is 18.9. The van der Waals surface area contributed by atoms with Gasteiger partial charge in [0, 0.05) is 17.8 Å². The molecule has 1 aliphatic rings. The molecule has 3 rings (SSSR count). The van der Waals surface area contributed by atoms with E-state index in [-0.39, 0.29) is 29.8 Å².